The molecule has 2 aromatic carbocycles. The van der Waals surface area contributed by atoms with Crippen LogP contribution in [0.5, 0.6) is 0 Å². The molecule has 176 valence electrons. The van der Waals surface area contributed by atoms with Gasteiger partial charge in [-0.1, -0.05) is 18.9 Å². The monoisotopic (exact) mass is 450 g/mol. The topological polar surface area (TPSA) is 81.8 Å². The molecule has 0 aromatic heterocycles. The number of hydrogen-bond donors (Lipinski definition) is 2. The zero-order valence-corrected chi connectivity index (χ0v) is 19.6. The SMILES string of the molecule is CCN(CC)C(=O)c1ccc(NCC(=O)Nc2cccc(C(=O)N3CCCCCC3)c2)cc1. The molecule has 0 unspecified atom stereocenters. The Balaban J connectivity index is 1.53. The number of carbonyl (C=O) groups is 3. The number of nitrogens with zero attached hydrogens (tertiary/aromatic N) is 2. The van der Waals surface area contributed by atoms with E-state index in [9.17, 15) is 14.4 Å². The molecule has 2 N–H and O–H groups in total. The van der Waals surface area contributed by atoms with Crippen molar-refractivity contribution in [1.29, 1.82) is 0 Å². The average molecular weight is 451 g/mol. The van der Waals surface area contributed by atoms with Crippen LogP contribution in [0.4, 0.5) is 11.4 Å². The fourth-order valence-electron chi connectivity index (χ4n) is 4.00. The number of nitrogens with one attached hydrogen (secondary N) is 2. The first-order chi connectivity index (χ1) is 16.0. The van der Waals surface area contributed by atoms with E-state index in [-0.39, 0.29) is 24.3 Å². The molecule has 1 heterocycles. The summed E-state index contributed by atoms with van der Waals surface area (Å²) >= 11 is 0. The molecule has 1 aliphatic rings. The lowest BCUT2D eigenvalue weighted by atomic mass is 10.1. The van der Waals surface area contributed by atoms with Crippen LogP contribution in [0.2, 0.25) is 0 Å². The van der Waals surface area contributed by atoms with Gasteiger partial charge in [-0.3, -0.25) is 14.4 Å². The van der Waals surface area contributed by atoms with Gasteiger partial charge in [0.05, 0.1) is 6.54 Å². The fourth-order valence-corrected chi connectivity index (χ4v) is 4.00. The third-order valence-electron chi connectivity index (χ3n) is 5.92. The second-order valence-electron chi connectivity index (χ2n) is 8.24. The van der Waals surface area contributed by atoms with Gasteiger partial charge in [0.2, 0.25) is 5.91 Å². The maximum absolute atomic E-state index is 12.8. The Morgan fingerprint density at radius 2 is 1.52 bits per heavy atom. The van der Waals surface area contributed by atoms with E-state index in [0.29, 0.717) is 29.9 Å². The van der Waals surface area contributed by atoms with Gasteiger partial charge in [-0.05, 0) is 69.2 Å². The van der Waals surface area contributed by atoms with Crippen LogP contribution in [0.3, 0.4) is 0 Å². The molecule has 0 saturated carbocycles. The number of anilines is 2. The first-order valence-electron chi connectivity index (χ1n) is 11.8. The van der Waals surface area contributed by atoms with Gasteiger partial charge in [0.25, 0.3) is 11.8 Å². The van der Waals surface area contributed by atoms with Gasteiger partial charge in [0.1, 0.15) is 0 Å². The molecule has 0 spiro atoms. The number of rotatable bonds is 8. The molecule has 3 amide bonds. The molecule has 1 fully saturated rings. The molecule has 1 saturated heterocycles. The summed E-state index contributed by atoms with van der Waals surface area (Å²) < 4.78 is 0. The van der Waals surface area contributed by atoms with Crippen molar-refractivity contribution in [1.82, 2.24) is 9.80 Å². The van der Waals surface area contributed by atoms with Crippen molar-refractivity contribution in [3.63, 3.8) is 0 Å². The van der Waals surface area contributed by atoms with Gasteiger partial charge in [0, 0.05) is 48.7 Å². The summed E-state index contributed by atoms with van der Waals surface area (Å²) in [4.78, 5) is 41.3. The van der Waals surface area contributed by atoms with Gasteiger partial charge in [-0.15, -0.1) is 0 Å². The molecule has 0 bridgehead atoms. The van der Waals surface area contributed by atoms with Gasteiger partial charge in [0.15, 0.2) is 0 Å². The van der Waals surface area contributed by atoms with Gasteiger partial charge < -0.3 is 20.4 Å². The normalized spacial score (nSPS) is 13.7. The lowest BCUT2D eigenvalue weighted by Crippen LogP contribution is -2.31. The van der Waals surface area contributed by atoms with E-state index >= 15 is 0 Å². The molecule has 2 aromatic rings. The predicted octanol–water partition coefficient (Wildman–Crippen LogP) is 4.24. The Bertz CT molecular complexity index is 946. The Labute approximate surface area is 196 Å². The van der Waals surface area contributed by atoms with E-state index < -0.39 is 0 Å². The van der Waals surface area contributed by atoms with Crippen LogP contribution in [-0.2, 0) is 4.79 Å². The fraction of sp³-hybridized carbons (Fsp3) is 0.423. The summed E-state index contributed by atoms with van der Waals surface area (Å²) in [6.45, 7) is 6.90. The van der Waals surface area contributed by atoms with Crippen LogP contribution in [0.25, 0.3) is 0 Å². The minimum Gasteiger partial charge on any atom is -0.376 e. The molecular weight excluding hydrogens is 416 g/mol. The summed E-state index contributed by atoms with van der Waals surface area (Å²) in [5.41, 5.74) is 2.57. The predicted molar refractivity (Wildman–Crippen MR) is 132 cm³/mol. The Morgan fingerprint density at radius 1 is 0.848 bits per heavy atom. The summed E-state index contributed by atoms with van der Waals surface area (Å²) in [5.74, 6) is -0.193. The van der Waals surface area contributed by atoms with E-state index in [2.05, 4.69) is 10.6 Å². The molecule has 0 aliphatic carbocycles. The number of amides is 3. The molecule has 0 atom stereocenters. The number of benzene rings is 2. The van der Waals surface area contributed by atoms with Crippen LogP contribution in [0.1, 0.15) is 60.2 Å². The summed E-state index contributed by atoms with van der Waals surface area (Å²) in [5, 5.41) is 5.92. The van der Waals surface area contributed by atoms with E-state index in [0.717, 1.165) is 31.6 Å². The van der Waals surface area contributed by atoms with E-state index in [4.69, 9.17) is 0 Å². The van der Waals surface area contributed by atoms with Gasteiger partial charge >= 0.3 is 0 Å². The van der Waals surface area contributed by atoms with Crippen molar-refractivity contribution in [2.75, 3.05) is 43.4 Å². The molecule has 3 rings (SSSR count). The molecule has 0 radical (unpaired) electrons. The van der Waals surface area contributed by atoms with Crippen LogP contribution < -0.4 is 10.6 Å². The molecule has 33 heavy (non-hydrogen) atoms. The second kappa shape index (κ2) is 12.0. The average Bonchev–Trinajstić information content (AvgIpc) is 3.13. The van der Waals surface area contributed by atoms with Crippen molar-refractivity contribution in [3.05, 3.63) is 59.7 Å². The summed E-state index contributed by atoms with van der Waals surface area (Å²) in [6, 6.07) is 14.2. The maximum Gasteiger partial charge on any atom is 0.253 e. The zero-order valence-electron chi connectivity index (χ0n) is 19.6. The number of likely N-dealkylation sites (tertiary alicyclic amines) is 1. The lowest BCUT2D eigenvalue weighted by molar-refractivity contribution is -0.114. The third-order valence-corrected chi connectivity index (χ3v) is 5.92. The van der Waals surface area contributed by atoms with E-state index in [1.807, 2.05) is 18.7 Å². The molecule has 1 aliphatic heterocycles. The first kappa shape index (κ1) is 24.3. The van der Waals surface area contributed by atoms with Crippen LogP contribution in [-0.4, -0.2) is 60.2 Å². The third kappa shape index (κ3) is 6.81. The Kier molecular flexibility index (Phi) is 8.87. The second-order valence-corrected chi connectivity index (χ2v) is 8.24. The maximum atomic E-state index is 12.8. The van der Waals surface area contributed by atoms with E-state index in [1.54, 1.807) is 53.4 Å². The summed E-state index contributed by atoms with van der Waals surface area (Å²) in [6.07, 6.45) is 4.42. The van der Waals surface area contributed by atoms with Gasteiger partial charge in [-0.2, -0.15) is 0 Å². The number of carbonyl (C=O) groups excluding carboxylic acids is 3. The Hall–Kier alpha value is -3.35. The highest BCUT2D eigenvalue weighted by molar-refractivity contribution is 5.98. The first-order valence-corrected chi connectivity index (χ1v) is 11.8. The Morgan fingerprint density at radius 3 is 2.15 bits per heavy atom. The van der Waals surface area contributed by atoms with Gasteiger partial charge in [-0.25, -0.2) is 0 Å². The number of hydrogen-bond acceptors (Lipinski definition) is 4. The van der Waals surface area contributed by atoms with Crippen LogP contribution >= 0.6 is 0 Å². The highest BCUT2D eigenvalue weighted by Gasteiger charge is 2.18. The zero-order chi connectivity index (χ0) is 23.6. The summed E-state index contributed by atoms with van der Waals surface area (Å²) in [7, 11) is 0. The van der Waals surface area contributed by atoms with Crippen molar-refractivity contribution in [3.8, 4) is 0 Å². The highest BCUT2D eigenvalue weighted by Crippen LogP contribution is 2.17. The molecule has 7 nitrogen and oxygen atoms in total. The van der Waals surface area contributed by atoms with Crippen LogP contribution in [0.15, 0.2) is 48.5 Å². The van der Waals surface area contributed by atoms with Crippen molar-refractivity contribution in [2.24, 2.45) is 0 Å². The highest BCUT2D eigenvalue weighted by atomic mass is 16.2. The smallest absolute Gasteiger partial charge is 0.253 e. The molecular formula is C26H34N4O3. The minimum absolute atomic E-state index is 0.00102. The van der Waals surface area contributed by atoms with Crippen molar-refractivity contribution < 1.29 is 14.4 Å². The molecule has 7 heteroatoms. The van der Waals surface area contributed by atoms with E-state index in [1.165, 1.54) is 12.8 Å². The quantitative estimate of drug-likeness (QED) is 0.630. The van der Waals surface area contributed by atoms with Crippen LogP contribution in [0, 0.1) is 0 Å². The standard InChI is InChI=1S/C26H34N4O3/c1-3-29(4-2)25(32)20-12-14-22(15-13-20)27-19-24(31)28-23-11-9-10-21(18-23)26(33)30-16-7-5-6-8-17-30/h9-15,18,27H,3-8,16-17,19H2,1-2H3,(H,28,31). The van der Waals surface area contributed by atoms with Crippen molar-refractivity contribution in [2.45, 2.75) is 39.5 Å². The largest absolute Gasteiger partial charge is 0.376 e. The van der Waals surface area contributed by atoms with Crippen molar-refractivity contribution >= 4 is 29.1 Å². The minimum atomic E-state index is -0.210. The lowest BCUT2D eigenvalue weighted by Gasteiger charge is -2.20.